The van der Waals surface area contributed by atoms with E-state index >= 15 is 0 Å². The molecule has 0 aliphatic carbocycles. The molecule has 1 N–H and O–H groups in total. The average molecular weight is 256 g/mol. The van der Waals surface area contributed by atoms with Crippen molar-refractivity contribution < 1.29 is 14.7 Å². The third kappa shape index (κ3) is 3.98. The van der Waals surface area contributed by atoms with Crippen molar-refractivity contribution in [3.8, 4) is 0 Å². The summed E-state index contributed by atoms with van der Waals surface area (Å²) in [5.41, 5.74) is 0. The zero-order chi connectivity index (χ0) is 13.7. The molecule has 0 spiro atoms. The predicted molar refractivity (Wildman–Crippen MR) is 69.3 cm³/mol. The maximum absolute atomic E-state index is 11.5. The van der Waals surface area contributed by atoms with Crippen molar-refractivity contribution in [3.63, 3.8) is 0 Å². The summed E-state index contributed by atoms with van der Waals surface area (Å²) in [6, 6.07) is -0.418. The summed E-state index contributed by atoms with van der Waals surface area (Å²) in [6.45, 7) is 3.44. The Bertz CT molecular complexity index is 305. The van der Waals surface area contributed by atoms with Crippen LogP contribution in [0.3, 0.4) is 0 Å². The third-order valence-electron chi connectivity index (χ3n) is 3.80. The number of carbonyl (C=O) groups excluding carboxylic acids is 1. The van der Waals surface area contributed by atoms with Crippen LogP contribution in [0.15, 0.2) is 0 Å². The largest absolute Gasteiger partial charge is 0.480 e. The second-order valence-corrected chi connectivity index (χ2v) is 5.23. The zero-order valence-corrected chi connectivity index (χ0v) is 11.6. The van der Waals surface area contributed by atoms with E-state index in [1.165, 1.54) is 0 Å². The molecule has 0 bridgehead atoms. The molecule has 1 fully saturated rings. The number of aliphatic carboxylic acids is 1. The first-order valence-corrected chi connectivity index (χ1v) is 6.62. The SMILES string of the molecule is CCC1CCN(CCC(=O)N(C)C)C(C(=O)O)C1. The second-order valence-electron chi connectivity index (χ2n) is 5.23. The van der Waals surface area contributed by atoms with Gasteiger partial charge in [-0.3, -0.25) is 14.5 Å². The van der Waals surface area contributed by atoms with Crippen LogP contribution < -0.4 is 0 Å². The standard InChI is InChI=1S/C13H24N2O3/c1-4-10-5-7-15(11(9-10)13(17)18)8-6-12(16)14(2)3/h10-11H,4-9H2,1-3H3,(H,17,18). The molecule has 0 aromatic carbocycles. The van der Waals surface area contributed by atoms with Crippen molar-refractivity contribution in [3.05, 3.63) is 0 Å². The maximum atomic E-state index is 11.5. The third-order valence-corrected chi connectivity index (χ3v) is 3.80. The molecule has 0 aromatic heterocycles. The number of rotatable bonds is 5. The minimum atomic E-state index is -0.759. The number of hydrogen-bond donors (Lipinski definition) is 1. The molecule has 0 radical (unpaired) electrons. The average Bonchev–Trinajstić information content (AvgIpc) is 2.35. The molecule has 2 atom stereocenters. The lowest BCUT2D eigenvalue weighted by atomic mass is 9.89. The normalized spacial score (nSPS) is 24.8. The first kappa shape index (κ1) is 15.0. The molecule has 1 heterocycles. The lowest BCUT2D eigenvalue weighted by Gasteiger charge is -2.36. The van der Waals surface area contributed by atoms with Gasteiger partial charge in [-0.25, -0.2) is 0 Å². The van der Waals surface area contributed by atoms with E-state index in [4.69, 9.17) is 0 Å². The van der Waals surface area contributed by atoms with Crippen LogP contribution in [0.1, 0.15) is 32.6 Å². The summed E-state index contributed by atoms with van der Waals surface area (Å²) in [7, 11) is 3.45. The fourth-order valence-corrected chi connectivity index (χ4v) is 2.45. The highest BCUT2D eigenvalue weighted by Crippen LogP contribution is 2.25. The second kappa shape index (κ2) is 6.73. The van der Waals surface area contributed by atoms with Gasteiger partial charge in [0, 0.05) is 27.1 Å². The van der Waals surface area contributed by atoms with Gasteiger partial charge in [0.1, 0.15) is 6.04 Å². The number of carboxylic acid groups (broad SMARTS) is 1. The van der Waals surface area contributed by atoms with E-state index in [9.17, 15) is 14.7 Å². The topological polar surface area (TPSA) is 60.9 Å². The Morgan fingerprint density at radius 2 is 2.06 bits per heavy atom. The van der Waals surface area contributed by atoms with Gasteiger partial charge in [0.15, 0.2) is 0 Å². The number of likely N-dealkylation sites (tertiary alicyclic amines) is 1. The van der Waals surface area contributed by atoms with Gasteiger partial charge in [-0.1, -0.05) is 13.3 Å². The Hall–Kier alpha value is -1.10. The van der Waals surface area contributed by atoms with E-state index in [0.29, 0.717) is 25.3 Å². The summed E-state index contributed by atoms with van der Waals surface area (Å²) >= 11 is 0. The van der Waals surface area contributed by atoms with Crippen LogP contribution in [0.4, 0.5) is 0 Å². The Morgan fingerprint density at radius 1 is 1.39 bits per heavy atom. The van der Waals surface area contributed by atoms with E-state index in [1.807, 2.05) is 4.90 Å². The summed E-state index contributed by atoms with van der Waals surface area (Å²) in [5.74, 6) is -0.200. The van der Waals surface area contributed by atoms with Crippen molar-refractivity contribution in [1.82, 2.24) is 9.80 Å². The van der Waals surface area contributed by atoms with E-state index in [1.54, 1.807) is 19.0 Å². The number of carboxylic acids is 1. The van der Waals surface area contributed by atoms with Crippen molar-refractivity contribution in [1.29, 1.82) is 0 Å². The van der Waals surface area contributed by atoms with Crippen LogP contribution in [0.5, 0.6) is 0 Å². The van der Waals surface area contributed by atoms with Gasteiger partial charge < -0.3 is 10.0 Å². The number of hydrogen-bond acceptors (Lipinski definition) is 3. The van der Waals surface area contributed by atoms with E-state index in [0.717, 1.165) is 19.4 Å². The highest BCUT2D eigenvalue weighted by molar-refractivity contribution is 5.76. The van der Waals surface area contributed by atoms with Gasteiger partial charge in [-0.05, 0) is 25.3 Å². The molecule has 1 aliphatic rings. The molecule has 5 nitrogen and oxygen atoms in total. The molecule has 1 saturated heterocycles. The summed E-state index contributed by atoms with van der Waals surface area (Å²) in [4.78, 5) is 26.3. The van der Waals surface area contributed by atoms with Crippen LogP contribution in [0.25, 0.3) is 0 Å². The number of amides is 1. The minimum Gasteiger partial charge on any atom is -0.480 e. The maximum Gasteiger partial charge on any atom is 0.320 e. The summed E-state index contributed by atoms with van der Waals surface area (Å²) in [6.07, 6.45) is 3.18. The molecule has 0 saturated carbocycles. The minimum absolute atomic E-state index is 0.0525. The number of nitrogens with zero attached hydrogens (tertiary/aromatic N) is 2. The van der Waals surface area contributed by atoms with Gasteiger partial charge in [0.25, 0.3) is 0 Å². The first-order valence-electron chi connectivity index (χ1n) is 6.62. The van der Waals surface area contributed by atoms with Gasteiger partial charge in [-0.2, -0.15) is 0 Å². The van der Waals surface area contributed by atoms with E-state index in [2.05, 4.69) is 6.92 Å². The van der Waals surface area contributed by atoms with Crippen LogP contribution in [0, 0.1) is 5.92 Å². The van der Waals surface area contributed by atoms with E-state index in [-0.39, 0.29) is 5.91 Å². The number of carbonyl (C=O) groups is 2. The lowest BCUT2D eigenvalue weighted by molar-refractivity contribution is -0.146. The van der Waals surface area contributed by atoms with Crippen LogP contribution in [-0.2, 0) is 9.59 Å². The molecule has 5 heteroatoms. The first-order chi connectivity index (χ1) is 8.45. The molecule has 104 valence electrons. The zero-order valence-electron chi connectivity index (χ0n) is 11.6. The van der Waals surface area contributed by atoms with Crippen molar-refractivity contribution >= 4 is 11.9 Å². The molecule has 0 aromatic rings. The monoisotopic (exact) mass is 256 g/mol. The molecule has 2 unspecified atom stereocenters. The highest BCUT2D eigenvalue weighted by Gasteiger charge is 2.32. The predicted octanol–water partition coefficient (Wildman–Crippen LogP) is 1.04. The van der Waals surface area contributed by atoms with E-state index < -0.39 is 12.0 Å². The highest BCUT2D eigenvalue weighted by atomic mass is 16.4. The van der Waals surface area contributed by atoms with Crippen LogP contribution in [-0.4, -0.2) is 60.0 Å². The fourth-order valence-electron chi connectivity index (χ4n) is 2.45. The molecule has 1 aliphatic heterocycles. The Morgan fingerprint density at radius 3 is 2.56 bits per heavy atom. The van der Waals surface area contributed by atoms with Crippen LogP contribution >= 0.6 is 0 Å². The fraction of sp³-hybridized carbons (Fsp3) is 0.846. The van der Waals surface area contributed by atoms with Gasteiger partial charge >= 0.3 is 5.97 Å². The Kier molecular flexibility index (Phi) is 5.59. The van der Waals surface area contributed by atoms with Gasteiger partial charge in [0.05, 0.1) is 0 Å². The molecular formula is C13H24N2O3. The quantitative estimate of drug-likeness (QED) is 0.798. The van der Waals surface area contributed by atoms with Gasteiger partial charge in [0.2, 0.25) is 5.91 Å². The molecule has 1 amide bonds. The number of piperidine rings is 1. The van der Waals surface area contributed by atoms with Gasteiger partial charge in [-0.15, -0.1) is 0 Å². The Balaban J connectivity index is 2.53. The molecule has 1 rings (SSSR count). The van der Waals surface area contributed by atoms with Crippen molar-refractivity contribution in [2.24, 2.45) is 5.92 Å². The smallest absolute Gasteiger partial charge is 0.320 e. The van der Waals surface area contributed by atoms with Crippen molar-refractivity contribution in [2.75, 3.05) is 27.2 Å². The molecular weight excluding hydrogens is 232 g/mol. The van der Waals surface area contributed by atoms with Crippen molar-refractivity contribution in [2.45, 2.75) is 38.6 Å². The summed E-state index contributed by atoms with van der Waals surface area (Å²) < 4.78 is 0. The Labute approximate surface area is 109 Å². The van der Waals surface area contributed by atoms with Crippen LogP contribution in [0.2, 0.25) is 0 Å². The lowest BCUT2D eigenvalue weighted by Crippen LogP contribution is -2.48. The summed E-state index contributed by atoms with van der Waals surface area (Å²) in [5, 5.41) is 9.26. The molecule has 18 heavy (non-hydrogen) atoms.